The predicted molar refractivity (Wildman–Crippen MR) is 86.6 cm³/mol. The third-order valence-corrected chi connectivity index (χ3v) is 5.67. The Morgan fingerprint density at radius 2 is 2.14 bits per heavy atom. The highest BCUT2D eigenvalue weighted by Gasteiger charge is 2.18. The highest BCUT2D eigenvalue weighted by Crippen LogP contribution is 2.28. The Morgan fingerprint density at radius 1 is 1.41 bits per heavy atom. The zero-order chi connectivity index (χ0) is 16.3. The molecule has 120 valence electrons. The lowest BCUT2D eigenvalue weighted by molar-refractivity contribution is 0.0532. The van der Waals surface area contributed by atoms with E-state index in [1.807, 2.05) is 0 Å². The second kappa shape index (κ2) is 6.74. The molecule has 1 aromatic heterocycles. The van der Waals surface area contributed by atoms with Crippen LogP contribution in [0.5, 0.6) is 0 Å². The number of benzene rings is 1. The summed E-state index contributed by atoms with van der Waals surface area (Å²) in [6, 6.07) is 6.03. The van der Waals surface area contributed by atoms with E-state index < -0.39 is 16.0 Å². The Hall–Kier alpha value is -1.48. The third kappa shape index (κ3) is 3.64. The van der Waals surface area contributed by atoms with Gasteiger partial charge in [-0.1, -0.05) is 0 Å². The van der Waals surface area contributed by atoms with Gasteiger partial charge >= 0.3 is 5.97 Å². The maximum atomic E-state index is 12.2. The molecule has 0 bridgehead atoms. The van der Waals surface area contributed by atoms with Crippen LogP contribution in [0.15, 0.2) is 29.2 Å². The summed E-state index contributed by atoms with van der Waals surface area (Å²) in [5, 5.41) is 0.691. The van der Waals surface area contributed by atoms with E-state index in [9.17, 15) is 13.2 Å². The molecule has 0 saturated heterocycles. The van der Waals surface area contributed by atoms with E-state index in [2.05, 4.69) is 4.72 Å². The fourth-order valence-electron chi connectivity index (χ4n) is 1.87. The van der Waals surface area contributed by atoms with Crippen molar-refractivity contribution in [1.29, 1.82) is 0 Å². The summed E-state index contributed by atoms with van der Waals surface area (Å²) in [5.74, 6) is -0.400. The molecular weight excluding hydrogens is 324 g/mol. The number of esters is 1. The standard InChI is InChI=1S/C14H18N2O4S2/c1-3-20-14(17)13-7-10-6-11(4-5-12(10)21-13)22(18,19)16-9(2)8-15/h4-7,9,16H,3,8,15H2,1-2H3/t9-/m0/s1. The van der Waals surface area contributed by atoms with Gasteiger partial charge in [0, 0.05) is 17.3 Å². The van der Waals surface area contributed by atoms with Gasteiger partial charge in [-0.2, -0.15) is 0 Å². The van der Waals surface area contributed by atoms with Crippen LogP contribution in [-0.2, 0) is 14.8 Å². The van der Waals surface area contributed by atoms with Gasteiger partial charge in [0.1, 0.15) is 4.88 Å². The largest absolute Gasteiger partial charge is 0.462 e. The number of fused-ring (bicyclic) bond motifs is 1. The lowest BCUT2D eigenvalue weighted by Gasteiger charge is -2.11. The first kappa shape index (κ1) is 16.9. The first-order valence-electron chi connectivity index (χ1n) is 6.80. The number of nitrogens with one attached hydrogen (secondary N) is 1. The zero-order valence-corrected chi connectivity index (χ0v) is 14.0. The van der Waals surface area contributed by atoms with Gasteiger partial charge in [-0.3, -0.25) is 0 Å². The van der Waals surface area contributed by atoms with Crippen molar-refractivity contribution in [2.45, 2.75) is 24.8 Å². The summed E-state index contributed by atoms with van der Waals surface area (Å²) < 4.78 is 32.7. The van der Waals surface area contributed by atoms with Gasteiger partial charge in [-0.05, 0) is 43.5 Å². The molecule has 0 aliphatic heterocycles. The molecule has 0 aliphatic carbocycles. The molecule has 0 unspecified atom stereocenters. The molecule has 0 saturated carbocycles. The number of sulfonamides is 1. The van der Waals surface area contributed by atoms with Crippen molar-refractivity contribution < 1.29 is 17.9 Å². The predicted octanol–water partition coefficient (Wildman–Crippen LogP) is 1.70. The van der Waals surface area contributed by atoms with Gasteiger partial charge < -0.3 is 10.5 Å². The van der Waals surface area contributed by atoms with Crippen molar-refractivity contribution >= 4 is 37.4 Å². The molecule has 6 nitrogen and oxygen atoms in total. The van der Waals surface area contributed by atoms with Crippen molar-refractivity contribution in [2.24, 2.45) is 5.73 Å². The SMILES string of the molecule is CCOC(=O)c1cc2cc(S(=O)(=O)N[C@@H](C)CN)ccc2s1. The van der Waals surface area contributed by atoms with Gasteiger partial charge in [-0.15, -0.1) is 11.3 Å². The van der Waals surface area contributed by atoms with Crippen molar-refractivity contribution in [3.05, 3.63) is 29.1 Å². The molecule has 2 rings (SSSR count). The summed E-state index contributed by atoms with van der Waals surface area (Å²) in [6.07, 6.45) is 0. The third-order valence-electron chi connectivity index (χ3n) is 2.98. The number of hydrogen-bond acceptors (Lipinski definition) is 6. The van der Waals surface area contributed by atoms with E-state index >= 15 is 0 Å². The molecule has 8 heteroatoms. The van der Waals surface area contributed by atoms with Gasteiger partial charge in [-0.25, -0.2) is 17.9 Å². The molecule has 1 atom stereocenters. The van der Waals surface area contributed by atoms with E-state index in [-0.39, 0.29) is 17.5 Å². The first-order chi connectivity index (χ1) is 10.4. The molecule has 0 radical (unpaired) electrons. The summed E-state index contributed by atoms with van der Waals surface area (Å²) in [7, 11) is -3.63. The van der Waals surface area contributed by atoms with Crippen LogP contribution in [-0.4, -0.2) is 33.6 Å². The quantitative estimate of drug-likeness (QED) is 0.779. The topological polar surface area (TPSA) is 98.5 Å². The van der Waals surface area contributed by atoms with Crippen LogP contribution in [0.25, 0.3) is 10.1 Å². The van der Waals surface area contributed by atoms with Crippen LogP contribution in [0.1, 0.15) is 23.5 Å². The second-order valence-electron chi connectivity index (χ2n) is 4.79. The number of thiophene rings is 1. The molecule has 0 spiro atoms. The molecule has 0 amide bonds. The van der Waals surface area contributed by atoms with Crippen molar-refractivity contribution in [3.63, 3.8) is 0 Å². The highest BCUT2D eigenvalue weighted by molar-refractivity contribution is 7.89. The van der Waals surface area contributed by atoms with Crippen molar-refractivity contribution in [1.82, 2.24) is 4.72 Å². The number of rotatable bonds is 6. The Labute approximate surface area is 133 Å². The zero-order valence-electron chi connectivity index (χ0n) is 12.3. The Balaban J connectivity index is 2.36. The minimum absolute atomic E-state index is 0.147. The Bertz CT molecular complexity index is 783. The van der Waals surface area contributed by atoms with Crippen LogP contribution < -0.4 is 10.5 Å². The van der Waals surface area contributed by atoms with Crippen molar-refractivity contribution in [2.75, 3.05) is 13.2 Å². The summed E-state index contributed by atoms with van der Waals surface area (Å²) in [6.45, 7) is 3.94. The van der Waals surface area contributed by atoms with Crippen LogP contribution in [0.2, 0.25) is 0 Å². The van der Waals surface area contributed by atoms with Crippen molar-refractivity contribution in [3.8, 4) is 0 Å². The molecule has 1 heterocycles. The average molecular weight is 342 g/mol. The molecule has 1 aromatic carbocycles. The van der Waals surface area contributed by atoms with Gasteiger partial charge in [0.05, 0.1) is 11.5 Å². The molecule has 0 fully saturated rings. The lowest BCUT2D eigenvalue weighted by atomic mass is 10.2. The Kier molecular flexibility index (Phi) is 5.17. The fraction of sp³-hybridized carbons (Fsp3) is 0.357. The maximum absolute atomic E-state index is 12.2. The summed E-state index contributed by atoms with van der Waals surface area (Å²) in [5.41, 5.74) is 5.44. The van der Waals surface area contributed by atoms with Gasteiger partial charge in [0.15, 0.2) is 0 Å². The van der Waals surface area contributed by atoms with E-state index in [1.54, 1.807) is 32.0 Å². The van der Waals surface area contributed by atoms with E-state index in [0.717, 1.165) is 4.70 Å². The molecule has 0 aliphatic rings. The number of carbonyl (C=O) groups is 1. The maximum Gasteiger partial charge on any atom is 0.348 e. The number of carbonyl (C=O) groups excluding carboxylic acids is 1. The van der Waals surface area contributed by atoms with Crippen LogP contribution >= 0.6 is 11.3 Å². The van der Waals surface area contributed by atoms with E-state index in [1.165, 1.54) is 17.4 Å². The highest BCUT2D eigenvalue weighted by atomic mass is 32.2. The Morgan fingerprint density at radius 3 is 2.77 bits per heavy atom. The minimum atomic E-state index is -3.63. The van der Waals surface area contributed by atoms with Gasteiger partial charge in [0.2, 0.25) is 10.0 Å². The average Bonchev–Trinajstić information content (AvgIpc) is 2.90. The number of ether oxygens (including phenoxy) is 1. The molecular formula is C14H18N2O4S2. The lowest BCUT2D eigenvalue weighted by Crippen LogP contribution is -2.37. The number of nitrogens with two attached hydrogens (primary N) is 1. The number of hydrogen-bond donors (Lipinski definition) is 2. The monoisotopic (exact) mass is 342 g/mol. The van der Waals surface area contributed by atoms with E-state index in [0.29, 0.717) is 16.9 Å². The molecule has 2 aromatic rings. The molecule has 22 heavy (non-hydrogen) atoms. The summed E-state index contributed by atoms with van der Waals surface area (Å²) in [4.78, 5) is 12.3. The minimum Gasteiger partial charge on any atom is -0.462 e. The first-order valence-corrected chi connectivity index (χ1v) is 9.10. The molecule has 3 N–H and O–H groups in total. The second-order valence-corrected chi connectivity index (χ2v) is 7.59. The normalized spacial score (nSPS) is 13.2. The van der Waals surface area contributed by atoms with Crippen LogP contribution in [0.4, 0.5) is 0 Å². The van der Waals surface area contributed by atoms with E-state index in [4.69, 9.17) is 10.5 Å². The fourth-order valence-corrected chi connectivity index (χ4v) is 4.10. The van der Waals surface area contributed by atoms with Gasteiger partial charge in [0.25, 0.3) is 0 Å². The van der Waals surface area contributed by atoms with Crippen LogP contribution in [0.3, 0.4) is 0 Å². The summed E-state index contributed by atoms with van der Waals surface area (Å²) >= 11 is 1.27. The van der Waals surface area contributed by atoms with Crippen LogP contribution in [0, 0.1) is 0 Å². The smallest absolute Gasteiger partial charge is 0.348 e.